The van der Waals surface area contributed by atoms with Crippen LogP contribution in [0.4, 0.5) is 0 Å². The van der Waals surface area contributed by atoms with Gasteiger partial charge >= 0.3 is 0 Å². The number of aliphatic imine (C=N–C) groups is 1. The molecule has 0 radical (unpaired) electrons. The lowest BCUT2D eigenvalue weighted by molar-refractivity contribution is 0.0154. The summed E-state index contributed by atoms with van der Waals surface area (Å²) in [5.41, 5.74) is 5.92. The Balaban J connectivity index is 0.00000133. The van der Waals surface area contributed by atoms with Crippen LogP contribution in [0.25, 0.3) is 0 Å². The van der Waals surface area contributed by atoms with Gasteiger partial charge in [0.05, 0.1) is 0 Å². The predicted octanol–water partition coefficient (Wildman–Crippen LogP) is 0.309. The Bertz CT molecular complexity index is 310. The number of hydrogen-bond donors (Lipinski definition) is 2. The van der Waals surface area contributed by atoms with Gasteiger partial charge in [-0.2, -0.15) is 0 Å². The molecule has 1 aliphatic carbocycles. The first-order chi connectivity index (χ1) is 8.81. The molecule has 2 bridgehead atoms. The third-order valence-electron chi connectivity index (χ3n) is 4.66. The maximum absolute atomic E-state index is 5.92. The fourth-order valence-electron chi connectivity index (χ4n) is 3.10. The van der Waals surface area contributed by atoms with Crippen LogP contribution in [0, 0.1) is 5.92 Å². The van der Waals surface area contributed by atoms with Crippen molar-refractivity contribution in [1.29, 1.82) is 0 Å². The Hall–Kier alpha value is -0.0800. The molecule has 0 aromatic heterocycles. The molecule has 5 nitrogen and oxygen atoms in total. The molecule has 1 atom stereocenters. The number of guanidine groups is 1. The maximum Gasteiger partial charge on any atom is 0.188 e. The summed E-state index contributed by atoms with van der Waals surface area (Å²) >= 11 is 0. The van der Waals surface area contributed by atoms with Crippen molar-refractivity contribution in [3.63, 3.8) is 0 Å². The highest BCUT2D eigenvalue weighted by molar-refractivity contribution is 14.0. The summed E-state index contributed by atoms with van der Waals surface area (Å²) < 4.78 is 0. The minimum absolute atomic E-state index is 0. The van der Waals surface area contributed by atoms with Crippen LogP contribution in [-0.2, 0) is 0 Å². The lowest BCUT2D eigenvalue weighted by Crippen LogP contribution is -2.63. The van der Waals surface area contributed by atoms with E-state index >= 15 is 0 Å². The van der Waals surface area contributed by atoms with Crippen molar-refractivity contribution in [2.24, 2.45) is 16.6 Å². The van der Waals surface area contributed by atoms with E-state index in [9.17, 15) is 0 Å². The second-order valence-corrected chi connectivity index (χ2v) is 5.89. The number of hydrogen-bond acceptors (Lipinski definition) is 3. The molecule has 19 heavy (non-hydrogen) atoms. The molecule has 0 amide bonds. The van der Waals surface area contributed by atoms with Crippen molar-refractivity contribution in [3.05, 3.63) is 0 Å². The molecule has 0 aromatic carbocycles. The van der Waals surface area contributed by atoms with Crippen molar-refractivity contribution in [2.45, 2.75) is 25.3 Å². The summed E-state index contributed by atoms with van der Waals surface area (Å²) in [6, 6.07) is 0.616. The van der Waals surface area contributed by atoms with E-state index in [1.54, 1.807) is 0 Å². The minimum Gasteiger partial charge on any atom is -0.370 e. The number of piperazine rings is 3. The Morgan fingerprint density at radius 2 is 1.95 bits per heavy atom. The van der Waals surface area contributed by atoms with Crippen molar-refractivity contribution in [1.82, 2.24) is 15.1 Å². The Labute approximate surface area is 133 Å². The van der Waals surface area contributed by atoms with E-state index in [0.717, 1.165) is 19.0 Å². The van der Waals surface area contributed by atoms with Crippen LogP contribution in [0.3, 0.4) is 0 Å². The van der Waals surface area contributed by atoms with Crippen molar-refractivity contribution in [3.8, 4) is 0 Å². The van der Waals surface area contributed by atoms with Crippen molar-refractivity contribution >= 4 is 29.9 Å². The lowest BCUT2D eigenvalue weighted by atomic mass is 9.86. The van der Waals surface area contributed by atoms with Crippen LogP contribution < -0.4 is 11.1 Å². The molecule has 4 fully saturated rings. The van der Waals surface area contributed by atoms with Gasteiger partial charge in [0, 0.05) is 51.9 Å². The number of fused-ring (bicyclic) bond motifs is 3. The van der Waals surface area contributed by atoms with E-state index in [-0.39, 0.29) is 24.0 Å². The summed E-state index contributed by atoms with van der Waals surface area (Å²) in [5.74, 6) is 1.44. The highest BCUT2D eigenvalue weighted by Crippen LogP contribution is 2.26. The minimum atomic E-state index is 0. The molecule has 4 rings (SSSR count). The second kappa shape index (κ2) is 7.08. The number of nitrogens with zero attached hydrogens (tertiary/aromatic N) is 3. The van der Waals surface area contributed by atoms with Gasteiger partial charge in [-0.05, 0) is 18.8 Å². The van der Waals surface area contributed by atoms with Gasteiger partial charge in [0.1, 0.15) is 0 Å². The van der Waals surface area contributed by atoms with Gasteiger partial charge in [0.2, 0.25) is 0 Å². The topological polar surface area (TPSA) is 56.9 Å². The van der Waals surface area contributed by atoms with E-state index in [0.29, 0.717) is 12.0 Å². The maximum atomic E-state index is 5.92. The van der Waals surface area contributed by atoms with Gasteiger partial charge in [-0.25, -0.2) is 0 Å². The molecular weight excluding hydrogens is 353 g/mol. The molecule has 0 aromatic rings. The molecule has 6 heteroatoms. The zero-order valence-electron chi connectivity index (χ0n) is 11.6. The molecule has 1 saturated carbocycles. The monoisotopic (exact) mass is 379 g/mol. The van der Waals surface area contributed by atoms with Gasteiger partial charge in [0.15, 0.2) is 5.96 Å². The zero-order chi connectivity index (χ0) is 12.4. The van der Waals surface area contributed by atoms with E-state index in [1.807, 2.05) is 0 Å². The van der Waals surface area contributed by atoms with Crippen LogP contribution in [-0.4, -0.2) is 67.6 Å². The highest BCUT2D eigenvalue weighted by Gasteiger charge is 2.31. The largest absolute Gasteiger partial charge is 0.370 e. The molecule has 3 aliphatic heterocycles. The van der Waals surface area contributed by atoms with E-state index in [4.69, 9.17) is 5.73 Å². The SMILES string of the molecule is I.NC(=NCC1CCC1)NCC1CN2CCN1CC2. The van der Waals surface area contributed by atoms with Crippen LogP contribution in [0.15, 0.2) is 4.99 Å². The number of halogens is 1. The number of nitrogens with one attached hydrogen (secondary N) is 1. The Morgan fingerprint density at radius 3 is 2.47 bits per heavy atom. The first-order valence-corrected chi connectivity index (χ1v) is 7.31. The number of rotatable bonds is 4. The molecule has 0 spiro atoms. The van der Waals surface area contributed by atoms with E-state index < -0.39 is 0 Å². The molecule has 3 N–H and O–H groups in total. The van der Waals surface area contributed by atoms with Crippen molar-refractivity contribution < 1.29 is 0 Å². The molecule has 3 heterocycles. The van der Waals surface area contributed by atoms with E-state index in [2.05, 4.69) is 20.1 Å². The van der Waals surface area contributed by atoms with Crippen LogP contribution >= 0.6 is 24.0 Å². The zero-order valence-corrected chi connectivity index (χ0v) is 13.9. The summed E-state index contributed by atoms with van der Waals surface area (Å²) in [6.45, 7) is 7.94. The summed E-state index contributed by atoms with van der Waals surface area (Å²) in [4.78, 5) is 9.57. The Morgan fingerprint density at radius 1 is 1.21 bits per heavy atom. The quantitative estimate of drug-likeness (QED) is 0.420. The highest BCUT2D eigenvalue weighted by atomic mass is 127. The average molecular weight is 379 g/mol. The third-order valence-corrected chi connectivity index (χ3v) is 4.66. The first-order valence-electron chi connectivity index (χ1n) is 7.31. The van der Waals surface area contributed by atoms with Crippen molar-refractivity contribution in [2.75, 3.05) is 45.8 Å². The molecule has 4 aliphatic rings. The van der Waals surface area contributed by atoms with Crippen LogP contribution in [0.5, 0.6) is 0 Å². The predicted molar refractivity (Wildman–Crippen MR) is 89.0 cm³/mol. The summed E-state index contributed by atoms with van der Waals surface area (Å²) in [7, 11) is 0. The second-order valence-electron chi connectivity index (χ2n) is 5.89. The first kappa shape index (κ1) is 15.3. The number of nitrogens with two attached hydrogens (primary N) is 1. The fraction of sp³-hybridized carbons (Fsp3) is 0.923. The van der Waals surface area contributed by atoms with Gasteiger partial charge in [-0.3, -0.25) is 14.8 Å². The summed E-state index contributed by atoms with van der Waals surface area (Å²) in [6.07, 6.45) is 4.05. The fourth-order valence-corrected chi connectivity index (χ4v) is 3.10. The normalized spacial score (nSPS) is 34.5. The molecule has 110 valence electrons. The summed E-state index contributed by atoms with van der Waals surface area (Å²) in [5, 5.41) is 3.30. The standard InChI is InChI=1S/C13H25N5.HI/c14-13(15-8-11-2-1-3-11)16-9-12-10-17-4-6-18(12)7-5-17;/h11-12H,1-10H2,(H3,14,15,16);1H. The van der Waals surface area contributed by atoms with Gasteiger partial charge in [-0.1, -0.05) is 6.42 Å². The van der Waals surface area contributed by atoms with Gasteiger partial charge < -0.3 is 11.1 Å². The molecule has 3 saturated heterocycles. The van der Waals surface area contributed by atoms with Gasteiger partial charge in [-0.15, -0.1) is 24.0 Å². The van der Waals surface area contributed by atoms with Crippen LogP contribution in [0.1, 0.15) is 19.3 Å². The molecular formula is C13H26IN5. The van der Waals surface area contributed by atoms with Gasteiger partial charge in [0.25, 0.3) is 0 Å². The average Bonchev–Trinajstić information content (AvgIpc) is 2.36. The lowest BCUT2D eigenvalue weighted by Gasteiger charge is -2.47. The van der Waals surface area contributed by atoms with Crippen LogP contribution in [0.2, 0.25) is 0 Å². The Kier molecular flexibility index (Phi) is 5.70. The van der Waals surface area contributed by atoms with E-state index in [1.165, 1.54) is 52.0 Å². The molecule has 1 unspecified atom stereocenters. The third kappa shape index (κ3) is 3.95. The smallest absolute Gasteiger partial charge is 0.188 e.